The molecule has 1 aliphatic rings. The molecule has 0 spiro atoms. The summed E-state index contributed by atoms with van der Waals surface area (Å²) in [5.41, 5.74) is 0.888. The Morgan fingerprint density at radius 1 is 1.27 bits per heavy atom. The van der Waals surface area contributed by atoms with E-state index in [0.29, 0.717) is 0 Å². The molecule has 1 rings (SSSR count). The van der Waals surface area contributed by atoms with Crippen molar-refractivity contribution in [2.24, 2.45) is 17.8 Å². The Hall–Kier alpha value is 0.430. The first-order valence-electron chi connectivity index (χ1n) is 4.87. The SMILES string of the molecule is CC(C)[C@H]1CC[C@H](C)C[C@@H]1P. The highest BCUT2D eigenvalue weighted by molar-refractivity contribution is 7.17. The Morgan fingerprint density at radius 2 is 1.91 bits per heavy atom. The Balaban J connectivity index is 2.44. The molecule has 11 heavy (non-hydrogen) atoms. The zero-order valence-electron chi connectivity index (χ0n) is 8.01. The normalized spacial score (nSPS) is 39.5. The van der Waals surface area contributed by atoms with E-state index in [2.05, 4.69) is 30.0 Å². The van der Waals surface area contributed by atoms with E-state index in [1.54, 1.807) is 0 Å². The minimum absolute atomic E-state index is 0.880. The van der Waals surface area contributed by atoms with E-state index < -0.39 is 0 Å². The van der Waals surface area contributed by atoms with Crippen molar-refractivity contribution in [3.05, 3.63) is 0 Å². The van der Waals surface area contributed by atoms with Gasteiger partial charge >= 0.3 is 0 Å². The summed E-state index contributed by atoms with van der Waals surface area (Å²) in [6, 6.07) is 0. The quantitative estimate of drug-likeness (QED) is 0.532. The van der Waals surface area contributed by atoms with Crippen LogP contribution in [0.25, 0.3) is 0 Å². The molecule has 1 aliphatic carbocycles. The highest BCUT2D eigenvalue weighted by Crippen LogP contribution is 2.37. The molecule has 4 atom stereocenters. The van der Waals surface area contributed by atoms with E-state index in [0.717, 1.165) is 23.4 Å². The van der Waals surface area contributed by atoms with Gasteiger partial charge in [-0.05, 0) is 36.3 Å². The molecule has 0 bridgehead atoms. The minimum atomic E-state index is 0.880. The van der Waals surface area contributed by atoms with E-state index in [9.17, 15) is 0 Å². The van der Waals surface area contributed by atoms with Gasteiger partial charge in [-0.1, -0.05) is 27.2 Å². The van der Waals surface area contributed by atoms with Gasteiger partial charge in [0.2, 0.25) is 0 Å². The third-order valence-electron chi connectivity index (χ3n) is 3.07. The van der Waals surface area contributed by atoms with Gasteiger partial charge in [-0.2, -0.15) is 0 Å². The van der Waals surface area contributed by atoms with Gasteiger partial charge < -0.3 is 0 Å². The summed E-state index contributed by atoms with van der Waals surface area (Å²) in [5.74, 6) is 2.81. The average molecular weight is 172 g/mol. The minimum Gasteiger partial charge on any atom is -0.134 e. The zero-order chi connectivity index (χ0) is 8.43. The third-order valence-corrected chi connectivity index (χ3v) is 3.84. The lowest BCUT2D eigenvalue weighted by Crippen LogP contribution is -2.27. The maximum atomic E-state index is 3.04. The summed E-state index contributed by atoms with van der Waals surface area (Å²) < 4.78 is 0. The Labute approximate surface area is 73.3 Å². The smallest absolute Gasteiger partial charge is 0.0231 e. The van der Waals surface area contributed by atoms with Crippen molar-refractivity contribution in [1.29, 1.82) is 0 Å². The van der Waals surface area contributed by atoms with Gasteiger partial charge in [0.05, 0.1) is 0 Å². The molecular weight excluding hydrogens is 151 g/mol. The van der Waals surface area contributed by atoms with Crippen LogP contribution in [0, 0.1) is 17.8 Å². The summed E-state index contributed by atoms with van der Waals surface area (Å²) in [6.45, 7) is 7.10. The van der Waals surface area contributed by atoms with Crippen LogP contribution in [0.1, 0.15) is 40.0 Å². The van der Waals surface area contributed by atoms with Crippen LogP contribution < -0.4 is 0 Å². The molecule has 66 valence electrons. The first-order chi connectivity index (χ1) is 5.11. The van der Waals surface area contributed by atoms with Crippen molar-refractivity contribution in [2.45, 2.75) is 45.7 Å². The monoisotopic (exact) mass is 172 g/mol. The fraction of sp³-hybridized carbons (Fsp3) is 1.00. The lowest BCUT2D eigenvalue weighted by molar-refractivity contribution is 0.244. The molecule has 0 N–H and O–H groups in total. The van der Waals surface area contributed by atoms with Crippen LogP contribution in [-0.2, 0) is 0 Å². The van der Waals surface area contributed by atoms with Crippen LogP contribution in [0.15, 0.2) is 0 Å². The molecule has 0 nitrogen and oxygen atoms in total. The summed E-state index contributed by atoms with van der Waals surface area (Å²) in [5, 5.41) is 0. The Morgan fingerprint density at radius 3 is 2.36 bits per heavy atom. The third kappa shape index (κ3) is 2.44. The predicted molar refractivity (Wildman–Crippen MR) is 54.8 cm³/mol. The van der Waals surface area contributed by atoms with E-state index in [-0.39, 0.29) is 0 Å². The van der Waals surface area contributed by atoms with Crippen molar-refractivity contribution in [3.63, 3.8) is 0 Å². The standard InChI is InChI=1S/C10H21P/c1-7(2)9-5-4-8(3)6-10(9)11/h7-10H,4-6,11H2,1-3H3/t8-,9+,10-/m0/s1. The van der Waals surface area contributed by atoms with E-state index in [1.165, 1.54) is 19.3 Å². The first kappa shape index (κ1) is 9.52. The van der Waals surface area contributed by atoms with Crippen molar-refractivity contribution < 1.29 is 0 Å². The molecule has 1 fully saturated rings. The van der Waals surface area contributed by atoms with E-state index in [1.807, 2.05) is 0 Å². The fourth-order valence-electron chi connectivity index (χ4n) is 2.28. The summed E-state index contributed by atoms with van der Waals surface area (Å²) in [7, 11) is 3.04. The van der Waals surface area contributed by atoms with E-state index in [4.69, 9.17) is 0 Å². The molecule has 0 amide bonds. The molecule has 1 heteroatoms. The predicted octanol–water partition coefficient (Wildman–Crippen LogP) is 3.32. The summed E-state index contributed by atoms with van der Waals surface area (Å²) in [4.78, 5) is 0. The summed E-state index contributed by atoms with van der Waals surface area (Å²) >= 11 is 0. The Kier molecular flexibility index (Phi) is 3.37. The van der Waals surface area contributed by atoms with Crippen LogP contribution >= 0.6 is 9.24 Å². The highest BCUT2D eigenvalue weighted by Gasteiger charge is 2.27. The van der Waals surface area contributed by atoms with Gasteiger partial charge in [0, 0.05) is 0 Å². The molecule has 0 heterocycles. The molecule has 0 saturated heterocycles. The largest absolute Gasteiger partial charge is 0.134 e. The lowest BCUT2D eigenvalue weighted by Gasteiger charge is -2.34. The molecule has 0 aromatic carbocycles. The molecule has 0 aromatic heterocycles. The maximum absolute atomic E-state index is 3.04. The topological polar surface area (TPSA) is 0 Å². The van der Waals surface area contributed by atoms with Crippen molar-refractivity contribution in [2.75, 3.05) is 0 Å². The molecule has 0 radical (unpaired) electrons. The van der Waals surface area contributed by atoms with Crippen LogP contribution in [-0.4, -0.2) is 5.66 Å². The van der Waals surface area contributed by atoms with Crippen molar-refractivity contribution in [3.8, 4) is 0 Å². The Bertz CT molecular complexity index is 120. The zero-order valence-corrected chi connectivity index (χ0v) is 9.16. The van der Waals surface area contributed by atoms with Crippen LogP contribution in [0.4, 0.5) is 0 Å². The maximum Gasteiger partial charge on any atom is -0.0231 e. The highest BCUT2D eigenvalue weighted by atomic mass is 31.0. The van der Waals surface area contributed by atoms with Gasteiger partial charge in [0.25, 0.3) is 0 Å². The number of hydrogen-bond donors (Lipinski definition) is 0. The molecule has 1 unspecified atom stereocenters. The second kappa shape index (κ2) is 3.90. The van der Waals surface area contributed by atoms with Crippen molar-refractivity contribution >= 4 is 9.24 Å². The molecule has 1 saturated carbocycles. The molecule has 0 aromatic rings. The van der Waals surface area contributed by atoms with Gasteiger partial charge in [0.15, 0.2) is 0 Å². The lowest BCUT2D eigenvalue weighted by atomic mass is 9.77. The fourth-order valence-corrected chi connectivity index (χ4v) is 3.38. The van der Waals surface area contributed by atoms with Crippen LogP contribution in [0.5, 0.6) is 0 Å². The van der Waals surface area contributed by atoms with E-state index >= 15 is 0 Å². The van der Waals surface area contributed by atoms with Gasteiger partial charge in [-0.3, -0.25) is 0 Å². The summed E-state index contributed by atoms with van der Waals surface area (Å²) in [6.07, 6.45) is 4.33. The van der Waals surface area contributed by atoms with Gasteiger partial charge in [0.1, 0.15) is 0 Å². The second-order valence-corrected chi connectivity index (χ2v) is 5.35. The molecule has 0 aliphatic heterocycles. The van der Waals surface area contributed by atoms with Crippen molar-refractivity contribution in [1.82, 2.24) is 0 Å². The van der Waals surface area contributed by atoms with Gasteiger partial charge in [-0.25, -0.2) is 0 Å². The molecular formula is C10H21P. The average Bonchev–Trinajstić information content (AvgIpc) is 1.85. The number of hydrogen-bond acceptors (Lipinski definition) is 0. The van der Waals surface area contributed by atoms with Crippen LogP contribution in [0.3, 0.4) is 0 Å². The van der Waals surface area contributed by atoms with Crippen LogP contribution in [0.2, 0.25) is 0 Å². The second-order valence-electron chi connectivity index (χ2n) is 4.49. The number of rotatable bonds is 1. The first-order valence-corrected chi connectivity index (χ1v) is 5.53. The van der Waals surface area contributed by atoms with Gasteiger partial charge in [-0.15, -0.1) is 9.24 Å².